The number of nitrogens with zero attached hydrogens (tertiary/aromatic N) is 1. The van der Waals surface area contributed by atoms with E-state index in [1.54, 1.807) is 17.5 Å². The molecule has 6 heteroatoms. The maximum Gasteiger partial charge on any atom is 0.227 e. The number of amides is 1. The molecule has 1 aromatic heterocycles. The number of likely N-dealkylation sites (N-methyl/N-ethyl adjacent to an activating group) is 1. The SMILES string of the molecule is CCNC1COCC1C(=O)NCCc1nccs1. The standard InChI is InChI=1S/C12H19N3O2S/c1-2-13-10-8-17-7-9(10)12(16)15-4-3-11-14-5-6-18-11/h5-6,9-10,13H,2-4,7-8H2,1H3,(H,15,16). The number of hydrogen-bond donors (Lipinski definition) is 2. The van der Waals surface area contributed by atoms with Crippen LogP contribution >= 0.6 is 11.3 Å². The van der Waals surface area contributed by atoms with Crippen molar-refractivity contribution in [1.29, 1.82) is 0 Å². The van der Waals surface area contributed by atoms with Crippen molar-refractivity contribution in [3.8, 4) is 0 Å². The smallest absolute Gasteiger partial charge is 0.227 e. The minimum atomic E-state index is -0.0683. The van der Waals surface area contributed by atoms with Crippen molar-refractivity contribution in [2.24, 2.45) is 5.92 Å². The summed E-state index contributed by atoms with van der Waals surface area (Å²) in [6, 6.07) is 0.148. The summed E-state index contributed by atoms with van der Waals surface area (Å²) in [6.45, 7) is 4.67. The first-order valence-corrected chi connectivity index (χ1v) is 7.16. The molecule has 1 fully saturated rings. The van der Waals surface area contributed by atoms with Gasteiger partial charge >= 0.3 is 0 Å². The Bertz CT molecular complexity index is 369. The molecular weight excluding hydrogens is 250 g/mol. The van der Waals surface area contributed by atoms with Crippen LogP contribution in [0.3, 0.4) is 0 Å². The molecule has 1 aliphatic rings. The van der Waals surface area contributed by atoms with Gasteiger partial charge in [0.15, 0.2) is 0 Å². The van der Waals surface area contributed by atoms with Crippen LogP contribution in [-0.2, 0) is 16.0 Å². The molecule has 0 spiro atoms. The van der Waals surface area contributed by atoms with Crippen LogP contribution in [0.4, 0.5) is 0 Å². The topological polar surface area (TPSA) is 63.2 Å². The highest BCUT2D eigenvalue weighted by Crippen LogP contribution is 2.13. The number of carbonyl (C=O) groups is 1. The van der Waals surface area contributed by atoms with Gasteiger partial charge in [-0.25, -0.2) is 4.98 Å². The third-order valence-electron chi connectivity index (χ3n) is 3.01. The number of hydrogen-bond acceptors (Lipinski definition) is 5. The first kappa shape index (κ1) is 13.5. The van der Waals surface area contributed by atoms with Gasteiger partial charge in [-0.05, 0) is 6.54 Å². The van der Waals surface area contributed by atoms with Crippen LogP contribution in [0.1, 0.15) is 11.9 Å². The molecule has 1 amide bonds. The van der Waals surface area contributed by atoms with Crippen molar-refractivity contribution < 1.29 is 9.53 Å². The quantitative estimate of drug-likeness (QED) is 0.786. The van der Waals surface area contributed by atoms with E-state index in [2.05, 4.69) is 15.6 Å². The largest absolute Gasteiger partial charge is 0.379 e. The van der Waals surface area contributed by atoms with E-state index in [-0.39, 0.29) is 17.9 Å². The summed E-state index contributed by atoms with van der Waals surface area (Å²) in [5.74, 6) is 0.0104. The lowest BCUT2D eigenvalue weighted by atomic mass is 10.0. The van der Waals surface area contributed by atoms with E-state index in [0.717, 1.165) is 18.0 Å². The predicted molar refractivity (Wildman–Crippen MR) is 70.6 cm³/mol. The van der Waals surface area contributed by atoms with Gasteiger partial charge in [-0.2, -0.15) is 0 Å². The van der Waals surface area contributed by atoms with Crippen LogP contribution < -0.4 is 10.6 Å². The van der Waals surface area contributed by atoms with Crippen molar-refractivity contribution in [3.05, 3.63) is 16.6 Å². The summed E-state index contributed by atoms with van der Waals surface area (Å²) in [6.07, 6.45) is 2.58. The number of carbonyl (C=O) groups excluding carboxylic acids is 1. The molecule has 0 aromatic carbocycles. The van der Waals surface area contributed by atoms with E-state index in [1.165, 1.54) is 0 Å². The Morgan fingerprint density at radius 3 is 3.22 bits per heavy atom. The molecule has 1 aliphatic heterocycles. The maximum atomic E-state index is 12.0. The van der Waals surface area contributed by atoms with Crippen molar-refractivity contribution >= 4 is 17.2 Å². The van der Waals surface area contributed by atoms with E-state index in [4.69, 9.17) is 4.74 Å². The molecule has 2 atom stereocenters. The number of thiazole rings is 1. The third kappa shape index (κ3) is 3.51. The highest BCUT2D eigenvalue weighted by molar-refractivity contribution is 7.09. The first-order valence-electron chi connectivity index (χ1n) is 6.28. The zero-order valence-electron chi connectivity index (χ0n) is 10.5. The summed E-state index contributed by atoms with van der Waals surface area (Å²) in [5, 5.41) is 9.25. The van der Waals surface area contributed by atoms with E-state index in [1.807, 2.05) is 12.3 Å². The summed E-state index contributed by atoms with van der Waals surface area (Å²) >= 11 is 1.62. The molecule has 0 saturated carbocycles. The lowest BCUT2D eigenvalue weighted by Gasteiger charge is -2.17. The van der Waals surface area contributed by atoms with Gasteiger partial charge in [0.25, 0.3) is 0 Å². The monoisotopic (exact) mass is 269 g/mol. The second kappa shape index (κ2) is 6.82. The average Bonchev–Trinajstić information content (AvgIpc) is 3.00. The molecular formula is C12H19N3O2S. The first-order chi connectivity index (χ1) is 8.81. The molecule has 2 N–H and O–H groups in total. The van der Waals surface area contributed by atoms with E-state index < -0.39 is 0 Å². The van der Waals surface area contributed by atoms with Gasteiger partial charge in [0.2, 0.25) is 5.91 Å². The molecule has 0 bridgehead atoms. The molecule has 5 nitrogen and oxygen atoms in total. The molecule has 18 heavy (non-hydrogen) atoms. The normalized spacial score (nSPS) is 23.2. The van der Waals surface area contributed by atoms with E-state index >= 15 is 0 Å². The Morgan fingerprint density at radius 1 is 1.61 bits per heavy atom. The van der Waals surface area contributed by atoms with Gasteiger partial charge in [0, 0.05) is 30.6 Å². The predicted octanol–water partition coefficient (Wildman–Crippen LogP) is 0.426. The Labute approximate surface area is 111 Å². The van der Waals surface area contributed by atoms with Crippen LogP contribution in [0.25, 0.3) is 0 Å². The summed E-state index contributed by atoms with van der Waals surface area (Å²) < 4.78 is 5.36. The number of rotatable bonds is 6. The lowest BCUT2D eigenvalue weighted by molar-refractivity contribution is -0.125. The van der Waals surface area contributed by atoms with Gasteiger partial charge < -0.3 is 15.4 Å². The zero-order chi connectivity index (χ0) is 12.8. The molecule has 1 saturated heterocycles. The fourth-order valence-electron chi connectivity index (χ4n) is 2.08. The van der Waals surface area contributed by atoms with Crippen LogP contribution in [0.2, 0.25) is 0 Å². The van der Waals surface area contributed by atoms with Crippen molar-refractivity contribution in [3.63, 3.8) is 0 Å². The van der Waals surface area contributed by atoms with Crippen LogP contribution in [0, 0.1) is 5.92 Å². The molecule has 2 heterocycles. The third-order valence-corrected chi connectivity index (χ3v) is 3.84. The van der Waals surface area contributed by atoms with Gasteiger partial charge in [0.1, 0.15) is 0 Å². The maximum absolute atomic E-state index is 12.0. The minimum absolute atomic E-state index is 0.0683. The highest BCUT2D eigenvalue weighted by Gasteiger charge is 2.33. The molecule has 100 valence electrons. The Hall–Kier alpha value is -0.980. The average molecular weight is 269 g/mol. The lowest BCUT2D eigenvalue weighted by Crippen LogP contribution is -2.44. The van der Waals surface area contributed by atoms with E-state index in [0.29, 0.717) is 19.8 Å². The number of ether oxygens (including phenoxy) is 1. The van der Waals surface area contributed by atoms with Gasteiger partial charge in [0.05, 0.1) is 24.1 Å². The fourth-order valence-corrected chi connectivity index (χ4v) is 2.70. The van der Waals surface area contributed by atoms with Crippen molar-refractivity contribution in [2.75, 3.05) is 26.3 Å². The Kier molecular flexibility index (Phi) is 5.10. The molecule has 2 rings (SSSR count). The summed E-state index contributed by atoms with van der Waals surface area (Å²) in [4.78, 5) is 16.2. The van der Waals surface area contributed by atoms with Crippen molar-refractivity contribution in [1.82, 2.24) is 15.6 Å². The number of aromatic nitrogens is 1. The van der Waals surface area contributed by atoms with E-state index in [9.17, 15) is 4.79 Å². The molecule has 2 unspecified atom stereocenters. The van der Waals surface area contributed by atoms with Crippen LogP contribution in [-0.4, -0.2) is 43.2 Å². The molecule has 1 aromatic rings. The second-order valence-corrected chi connectivity index (χ2v) is 5.25. The summed E-state index contributed by atoms with van der Waals surface area (Å²) in [5.41, 5.74) is 0. The van der Waals surface area contributed by atoms with Gasteiger partial charge in [-0.15, -0.1) is 11.3 Å². The van der Waals surface area contributed by atoms with Gasteiger partial charge in [-0.3, -0.25) is 4.79 Å². The summed E-state index contributed by atoms with van der Waals surface area (Å²) in [7, 11) is 0. The van der Waals surface area contributed by atoms with Gasteiger partial charge in [-0.1, -0.05) is 6.92 Å². The van der Waals surface area contributed by atoms with Crippen LogP contribution in [0.15, 0.2) is 11.6 Å². The zero-order valence-corrected chi connectivity index (χ0v) is 11.3. The number of nitrogens with one attached hydrogen (secondary N) is 2. The Balaban J connectivity index is 1.73. The van der Waals surface area contributed by atoms with Crippen LogP contribution in [0.5, 0.6) is 0 Å². The Morgan fingerprint density at radius 2 is 2.50 bits per heavy atom. The highest BCUT2D eigenvalue weighted by atomic mass is 32.1. The minimum Gasteiger partial charge on any atom is -0.379 e. The molecule has 0 aliphatic carbocycles. The molecule has 0 radical (unpaired) electrons. The second-order valence-electron chi connectivity index (χ2n) is 4.27. The van der Waals surface area contributed by atoms with Crippen molar-refractivity contribution in [2.45, 2.75) is 19.4 Å². The fraction of sp³-hybridized carbons (Fsp3) is 0.667.